The molecular formula is C17H30N2O. The number of unbranched alkanes of at least 4 members (excludes halogenated alkanes) is 1. The van der Waals surface area contributed by atoms with Crippen LogP contribution in [0.2, 0.25) is 0 Å². The van der Waals surface area contributed by atoms with Crippen LogP contribution in [-0.2, 0) is 13.1 Å². The first-order valence-electron chi connectivity index (χ1n) is 7.61. The average Bonchev–Trinajstić information content (AvgIpc) is 2.69. The third-order valence-corrected chi connectivity index (χ3v) is 3.31. The Balaban J connectivity index is 2.41. The normalized spacial score (nSPS) is 11.5. The van der Waals surface area contributed by atoms with E-state index in [-0.39, 0.29) is 0 Å². The number of nitrogens with one attached hydrogen (secondary N) is 1. The summed E-state index contributed by atoms with van der Waals surface area (Å²) in [6.07, 6.45) is 4.21. The lowest BCUT2D eigenvalue weighted by Crippen LogP contribution is -2.19. The highest BCUT2D eigenvalue weighted by atomic mass is 16.3. The molecule has 0 radical (unpaired) electrons. The molecule has 0 amide bonds. The van der Waals surface area contributed by atoms with Crippen molar-refractivity contribution in [2.24, 2.45) is 5.92 Å². The summed E-state index contributed by atoms with van der Waals surface area (Å²) in [5.41, 5.74) is 1.28. The lowest BCUT2D eigenvalue weighted by Gasteiger charge is -2.13. The van der Waals surface area contributed by atoms with E-state index in [4.69, 9.17) is 4.42 Å². The van der Waals surface area contributed by atoms with Gasteiger partial charge in [0.15, 0.2) is 0 Å². The molecule has 0 spiro atoms. The van der Waals surface area contributed by atoms with Crippen LogP contribution in [0.1, 0.15) is 43.8 Å². The van der Waals surface area contributed by atoms with Crippen molar-refractivity contribution < 1.29 is 4.42 Å². The minimum atomic E-state index is 0.678. The molecular weight excluding hydrogens is 248 g/mol. The molecule has 114 valence electrons. The zero-order valence-electron chi connectivity index (χ0n) is 13.5. The van der Waals surface area contributed by atoms with Crippen molar-refractivity contribution in [3.8, 4) is 0 Å². The maximum Gasteiger partial charge on any atom is 0.118 e. The van der Waals surface area contributed by atoms with Crippen molar-refractivity contribution in [2.45, 2.75) is 46.7 Å². The number of aryl methyl sites for hydroxylation is 1. The van der Waals surface area contributed by atoms with Crippen molar-refractivity contribution >= 4 is 0 Å². The van der Waals surface area contributed by atoms with Crippen LogP contribution < -0.4 is 5.32 Å². The molecule has 1 rings (SSSR count). The van der Waals surface area contributed by atoms with E-state index in [1.807, 2.05) is 13.0 Å². The molecule has 3 heteroatoms. The topological polar surface area (TPSA) is 28.4 Å². The fourth-order valence-electron chi connectivity index (χ4n) is 2.19. The van der Waals surface area contributed by atoms with Gasteiger partial charge in [-0.05, 0) is 51.9 Å². The molecule has 1 N–H and O–H groups in total. The standard InChI is InChI=1S/C17H30N2O/c1-6-7-8-9-19(5)13-17-10-16(15(4)20-17)12-18-11-14(2)3/h6,10,14,18H,1,7-9,11-13H2,2-5H3. The first-order valence-corrected chi connectivity index (χ1v) is 7.61. The Labute approximate surface area is 124 Å². The van der Waals surface area contributed by atoms with Gasteiger partial charge in [-0.2, -0.15) is 0 Å². The van der Waals surface area contributed by atoms with Gasteiger partial charge in [0.25, 0.3) is 0 Å². The Morgan fingerprint density at radius 2 is 2.20 bits per heavy atom. The molecule has 0 aromatic carbocycles. The maximum absolute atomic E-state index is 5.85. The first-order chi connectivity index (χ1) is 9.52. The summed E-state index contributed by atoms with van der Waals surface area (Å²) in [5.74, 6) is 2.78. The average molecular weight is 278 g/mol. The molecule has 0 atom stereocenters. The van der Waals surface area contributed by atoms with Gasteiger partial charge in [0.05, 0.1) is 6.54 Å². The summed E-state index contributed by atoms with van der Waals surface area (Å²) >= 11 is 0. The predicted molar refractivity (Wildman–Crippen MR) is 85.8 cm³/mol. The summed E-state index contributed by atoms with van der Waals surface area (Å²) in [4.78, 5) is 2.30. The molecule has 0 saturated heterocycles. The first kappa shape index (κ1) is 17.0. The molecule has 1 heterocycles. The van der Waals surface area contributed by atoms with E-state index in [0.717, 1.165) is 50.5 Å². The van der Waals surface area contributed by atoms with Gasteiger partial charge in [-0.15, -0.1) is 6.58 Å². The van der Waals surface area contributed by atoms with Gasteiger partial charge in [0, 0.05) is 12.1 Å². The zero-order chi connectivity index (χ0) is 15.0. The highest BCUT2D eigenvalue weighted by Gasteiger charge is 2.09. The SMILES string of the molecule is C=CCCCN(C)Cc1cc(CNCC(C)C)c(C)o1. The summed E-state index contributed by atoms with van der Waals surface area (Å²) in [6, 6.07) is 2.19. The lowest BCUT2D eigenvalue weighted by molar-refractivity contribution is 0.289. The Hall–Kier alpha value is -1.06. The van der Waals surface area contributed by atoms with Gasteiger partial charge in [-0.25, -0.2) is 0 Å². The lowest BCUT2D eigenvalue weighted by atomic mass is 10.2. The van der Waals surface area contributed by atoms with Crippen LogP contribution in [-0.4, -0.2) is 25.0 Å². The van der Waals surface area contributed by atoms with Crippen molar-refractivity contribution in [3.63, 3.8) is 0 Å². The maximum atomic E-state index is 5.85. The minimum absolute atomic E-state index is 0.678. The second-order valence-electron chi connectivity index (χ2n) is 5.99. The van der Waals surface area contributed by atoms with Gasteiger partial charge >= 0.3 is 0 Å². The Bertz CT molecular complexity index is 396. The summed E-state index contributed by atoms with van der Waals surface area (Å²) in [7, 11) is 2.14. The van der Waals surface area contributed by atoms with E-state index in [2.05, 4.69) is 43.8 Å². The van der Waals surface area contributed by atoms with Crippen LogP contribution in [0, 0.1) is 12.8 Å². The van der Waals surface area contributed by atoms with Crippen molar-refractivity contribution in [1.82, 2.24) is 10.2 Å². The minimum Gasteiger partial charge on any atom is -0.465 e. The number of hydrogen-bond acceptors (Lipinski definition) is 3. The second kappa shape index (κ2) is 8.98. The molecule has 0 fully saturated rings. The molecule has 0 unspecified atom stereocenters. The number of hydrogen-bond donors (Lipinski definition) is 1. The van der Waals surface area contributed by atoms with Crippen LogP contribution in [0.15, 0.2) is 23.1 Å². The fourth-order valence-corrected chi connectivity index (χ4v) is 2.19. The molecule has 20 heavy (non-hydrogen) atoms. The Kier molecular flexibility index (Phi) is 7.63. The van der Waals surface area contributed by atoms with Crippen LogP contribution in [0.25, 0.3) is 0 Å². The van der Waals surface area contributed by atoms with E-state index in [1.165, 1.54) is 5.56 Å². The van der Waals surface area contributed by atoms with E-state index in [0.29, 0.717) is 5.92 Å². The molecule has 0 saturated carbocycles. The summed E-state index contributed by atoms with van der Waals surface area (Å²) in [6.45, 7) is 14.1. The summed E-state index contributed by atoms with van der Waals surface area (Å²) < 4.78 is 5.85. The van der Waals surface area contributed by atoms with Gasteiger partial charge in [0.2, 0.25) is 0 Å². The highest BCUT2D eigenvalue weighted by molar-refractivity contribution is 5.20. The van der Waals surface area contributed by atoms with Crippen molar-refractivity contribution in [3.05, 3.63) is 35.8 Å². The number of furan rings is 1. The third-order valence-electron chi connectivity index (χ3n) is 3.31. The fraction of sp³-hybridized carbons (Fsp3) is 0.647. The van der Waals surface area contributed by atoms with E-state index in [1.54, 1.807) is 0 Å². The Morgan fingerprint density at radius 3 is 2.85 bits per heavy atom. The molecule has 0 bridgehead atoms. The zero-order valence-corrected chi connectivity index (χ0v) is 13.5. The summed E-state index contributed by atoms with van der Waals surface area (Å²) in [5, 5.41) is 3.47. The monoisotopic (exact) mass is 278 g/mol. The second-order valence-corrected chi connectivity index (χ2v) is 5.99. The van der Waals surface area contributed by atoms with Crippen molar-refractivity contribution in [1.29, 1.82) is 0 Å². The van der Waals surface area contributed by atoms with Gasteiger partial charge in [-0.1, -0.05) is 19.9 Å². The predicted octanol–water partition coefficient (Wildman–Crippen LogP) is 3.73. The molecule has 0 aliphatic heterocycles. The number of nitrogens with zero attached hydrogens (tertiary/aromatic N) is 1. The molecule has 0 aliphatic rings. The molecule has 1 aromatic heterocycles. The number of allylic oxidation sites excluding steroid dienone is 1. The van der Waals surface area contributed by atoms with Crippen LogP contribution in [0.4, 0.5) is 0 Å². The molecule has 1 aromatic rings. The highest BCUT2D eigenvalue weighted by Crippen LogP contribution is 2.16. The van der Waals surface area contributed by atoms with Crippen molar-refractivity contribution in [2.75, 3.05) is 20.1 Å². The quantitative estimate of drug-likeness (QED) is 0.522. The largest absolute Gasteiger partial charge is 0.465 e. The van der Waals surface area contributed by atoms with E-state index < -0.39 is 0 Å². The van der Waals surface area contributed by atoms with Gasteiger partial charge in [-0.3, -0.25) is 4.90 Å². The van der Waals surface area contributed by atoms with E-state index in [9.17, 15) is 0 Å². The molecule has 0 aliphatic carbocycles. The van der Waals surface area contributed by atoms with Crippen LogP contribution >= 0.6 is 0 Å². The third kappa shape index (κ3) is 6.40. The number of rotatable bonds is 10. The smallest absolute Gasteiger partial charge is 0.118 e. The van der Waals surface area contributed by atoms with Gasteiger partial charge < -0.3 is 9.73 Å². The van der Waals surface area contributed by atoms with Crippen LogP contribution in [0.5, 0.6) is 0 Å². The van der Waals surface area contributed by atoms with E-state index >= 15 is 0 Å². The van der Waals surface area contributed by atoms with Gasteiger partial charge in [0.1, 0.15) is 11.5 Å². The Morgan fingerprint density at radius 1 is 1.45 bits per heavy atom. The molecule has 3 nitrogen and oxygen atoms in total. The van der Waals surface area contributed by atoms with Crippen LogP contribution in [0.3, 0.4) is 0 Å².